The van der Waals surface area contributed by atoms with Crippen LogP contribution in [0, 0.1) is 10.1 Å². The second-order valence-corrected chi connectivity index (χ2v) is 3.84. The summed E-state index contributed by atoms with van der Waals surface area (Å²) in [5, 5.41) is 14.1. The lowest BCUT2D eigenvalue weighted by Gasteiger charge is -2.08. The van der Waals surface area contributed by atoms with Crippen LogP contribution in [0.5, 0.6) is 5.75 Å². The van der Waals surface area contributed by atoms with Crippen molar-refractivity contribution in [3.05, 3.63) is 46.5 Å². The Kier molecular flexibility index (Phi) is 5.87. The maximum atomic E-state index is 10.8. The first-order chi connectivity index (χ1) is 8.69. The molecule has 0 aliphatic heterocycles. The second kappa shape index (κ2) is 7.45. The lowest BCUT2D eigenvalue weighted by molar-refractivity contribution is -0.385. The van der Waals surface area contributed by atoms with Gasteiger partial charge in [-0.3, -0.25) is 10.1 Å². The molecule has 0 aliphatic carbocycles. The van der Waals surface area contributed by atoms with E-state index in [2.05, 4.69) is 18.8 Å². The average molecular weight is 250 g/mol. The molecule has 0 bridgehead atoms. The van der Waals surface area contributed by atoms with Crippen LogP contribution in [0.1, 0.15) is 18.9 Å². The van der Waals surface area contributed by atoms with Gasteiger partial charge in [-0.05, 0) is 24.6 Å². The van der Waals surface area contributed by atoms with E-state index in [0.29, 0.717) is 6.54 Å². The molecule has 1 aromatic carbocycles. The molecule has 0 atom stereocenters. The number of benzene rings is 1. The van der Waals surface area contributed by atoms with E-state index >= 15 is 0 Å². The van der Waals surface area contributed by atoms with E-state index in [1.807, 2.05) is 0 Å². The van der Waals surface area contributed by atoms with Crippen molar-refractivity contribution < 1.29 is 9.66 Å². The van der Waals surface area contributed by atoms with Crippen molar-refractivity contribution in [2.45, 2.75) is 19.9 Å². The van der Waals surface area contributed by atoms with Crippen molar-refractivity contribution in [2.24, 2.45) is 0 Å². The van der Waals surface area contributed by atoms with Crippen LogP contribution in [0.3, 0.4) is 0 Å². The topological polar surface area (TPSA) is 64.4 Å². The Morgan fingerprint density at radius 3 is 2.94 bits per heavy atom. The fourth-order valence-corrected chi connectivity index (χ4v) is 1.49. The predicted molar refractivity (Wildman–Crippen MR) is 70.8 cm³/mol. The summed E-state index contributed by atoms with van der Waals surface area (Å²) in [6.45, 7) is 7.46. The summed E-state index contributed by atoms with van der Waals surface area (Å²) in [5.41, 5.74) is 0.948. The van der Waals surface area contributed by atoms with Crippen LogP contribution >= 0.6 is 0 Å². The van der Waals surface area contributed by atoms with Crippen LogP contribution in [-0.4, -0.2) is 18.1 Å². The van der Waals surface area contributed by atoms with Crippen LogP contribution in [0.2, 0.25) is 0 Å². The van der Waals surface area contributed by atoms with Gasteiger partial charge in [0.15, 0.2) is 5.75 Å². The van der Waals surface area contributed by atoms with Gasteiger partial charge < -0.3 is 10.1 Å². The molecule has 0 amide bonds. The van der Waals surface area contributed by atoms with Crippen molar-refractivity contribution >= 4 is 5.69 Å². The maximum Gasteiger partial charge on any atom is 0.310 e. The molecule has 0 saturated heterocycles. The van der Waals surface area contributed by atoms with Gasteiger partial charge in [0.25, 0.3) is 0 Å². The molecular weight excluding hydrogens is 232 g/mol. The van der Waals surface area contributed by atoms with Gasteiger partial charge in [-0.1, -0.05) is 25.6 Å². The molecule has 0 fully saturated rings. The van der Waals surface area contributed by atoms with E-state index in [-0.39, 0.29) is 18.0 Å². The minimum Gasteiger partial charge on any atom is -0.483 e. The molecule has 0 aromatic heterocycles. The first-order valence-corrected chi connectivity index (χ1v) is 5.90. The molecule has 1 N–H and O–H groups in total. The Hall–Kier alpha value is -1.88. The van der Waals surface area contributed by atoms with E-state index in [0.717, 1.165) is 18.5 Å². The molecule has 1 aromatic rings. The van der Waals surface area contributed by atoms with Gasteiger partial charge in [0.2, 0.25) is 0 Å². The molecule has 18 heavy (non-hydrogen) atoms. The van der Waals surface area contributed by atoms with Gasteiger partial charge in [0.1, 0.15) is 6.61 Å². The number of nitrogens with zero attached hydrogens (tertiary/aromatic N) is 1. The normalized spacial score (nSPS) is 10.1. The predicted octanol–water partition coefficient (Wildman–Crippen LogP) is 2.66. The Bertz CT molecular complexity index is 419. The number of nitro groups is 1. The monoisotopic (exact) mass is 250 g/mol. The van der Waals surface area contributed by atoms with Crippen molar-refractivity contribution in [3.63, 3.8) is 0 Å². The van der Waals surface area contributed by atoms with Crippen molar-refractivity contribution in [1.82, 2.24) is 5.32 Å². The molecular formula is C13H18N2O3. The SMILES string of the molecule is C=CCOc1cc(CNCCC)ccc1[N+](=O)[O-]. The molecule has 5 heteroatoms. The highest BCUT2D eigenvalue weighted by Crippen LogP contribution is 2.27. The average Bonchev–Trinajstić information content (AvgIpc) is 2.36. The van der Waals surface area contributed by atoms with Crippen LogP contribution < -0.4 is 10.1 Å². The van der Waals surface area contributed by atoms with Gasteiger partial charge in [-0.2, -0.15) is 0 Å². The highest BCUT2D eigenvalue weighted by atomic mass is 16.6. The lowest BCUT2D eigenvalue weighted by atomic mass is 10.2. The smallest absolute Gasteiger partial charge is 0.310 e. The molecule has 5 nitrogen and oxygen atoms in total. The fraction of sp³-hybridized carbons (Fsp3) is 0.385. The highest BCUT2D eigenvalue weighted by Gasteiger charge is 2.15. The van der Waals surface area contributed by atoms with E-state index in [1.165, 1.54) is 6.07 Å². The van der Waals surface area contributed by atoms with Gasteiger partial charge in [0.05, 0.1) is 4.92 Å². The third kappa shape index (κ3) is 4.18. The first-order valence-electron chi connectivity index (χ1n) is 5.90. The second-order valence-electron chi connectivity index (χ2n) is 3.84. The van der Waals surface area contributed by atoms with Gasteiger partial charge >= 0.3 is 5.69 Å². The Labute approximate surface area is 107 Å². The maximum absolute atomic E-state index is 10.8. The summed E-state index contributed by atoms with van der Waals surface area (Å²) in [6, 6.07) is 4.91. The highest BCUT2D eigenvalue weighted by molar-refractivity contribution is 5.48. The molecule has 1 rings (SSSR count). The fourth-order valence-electron chi connectivity index (χ4n) is 1.49. The summed E-state index contributed by atoms with van der Waals surface area (Å²) < 4.78 is 5.31. The van der Waals surface area contributed by atoms with Crippen molar-refractivity contribution in [3.8, 4) is 5.75 Å². The Balaban J connectivity index is 2.83. The summed E-state index contributed by atoms with van der Waals surface area (Å²) in [5.74, 6) is 0.288. The minimum atomic E-state index is -0.443. The van der Waals surface area contributed by atoms with Crippen LogP contribution in [0.15, 0.2) is 30.9 Å². The Morgan fingerprint density at radius 1 is 1.56 bits per heavy atom. The minimum absolute atomic E-state index is 0.0175. The number of nitrogens with one attached hydrogen (secondary N) is 1. The van der Waals surface area contributed by atoms with Gasteiger partial charge in [-0.25, -0.2) is 0 Å². The molecule has 0 unspecified atom stereocenters. The van der Waals surface area contributed by atoms with E-state index < -0.39 is 4.92 Å². The molecule has 0 radical (unpaired) electrons. The molecule has 98 valence electrons. The quantitative estimate of drug-likeness (QED) is 0.333. The van der Waals surface area contributed by atoms with Crippen LogP contribution in [-0.2, 0) is 6.54 Å². The molecule has 0 heterocycles. The van der Waals surface area contributed by atoms with Crippen LogP contribution in [0.4, 0.5) is 5.69 Å². The van der Waals surface area contributed by atoms with Crippen molar-refractivity contribution in [2.75, 3.05) is 13.2 Å². The molecule has 0 spiro atoms. The zero-order valence-corrected chi connectivity index (χ0v) is 10.5. The third-order valence-electron chi connectivity index (χ3n) is 2.33. The first kappa shape index (κ1) is 14.2. The zero-order valence-electron chi connectivity index (χ0n) is 10.5. The number of ether oxygens (including phenoxy) is 1. The standard InChI is InChI=1S/C13H18N2O3/c1-3-7-14-10-11-5-6-12(15(16)17)13(9-11)18-8-4-2/h4-6,9,14H,2-3,7-8,10H2,1H3. The molecule has 0 aliphatic rings. The number of hydrogen-bond donors (Lipinski definition) is 1. The number of rotatable bonds is 8. The number of hydrogen-bond acceptors (Lipinski definition) is 4. The van der Waals surface area contributed by atoms with E-state index in [4.69, 9.17) is 4.74 Å². The summed E-state index contributed by atoms with van der Waals surface area (Å²) in [4.78, 5) is 10.4. The summed E-state index contributed by atoms with van der Waals surface area (Å²) in [6.07, 6.45) is 2.61. The number of nitro benzene ring substituents is 1. The lowest BCUT2D eigenvalue weighted by Crippen LogP contribution is -2.13. The Morgan fingerprint density at radius 2 is 2.33 bits per heavy atom. The van der Waals surface area contributed by atoms with Crippen molar-refractivity contribution in [1.29, 1.82) is 0 Å². The van der Waals surface area contributed by atoms with E-state index in [1.54, 1.807) is 18.2 Å². The largest absolute Gasteiger partial charge is 0.483 e. The zero-order chi connectivity index (χ0) is 13.4. The van der Waals surface area contributed by atoms with E-state index in [9.17, 15) is 10.1 Å². The third-order valence-corrected chi connectivity index (χ3v) is 2.33. The van der Waals surface area contributed by atoms with Gasteiger partial charge in [0, 0.05) is 12.6 Å². The molecule has 0 saturated carbocycles. The van der Waals surface area contributed by atoms with Crippen LogP contribution in [0.25, 0.3) is 0 Å². The summed E-state index contributed by atoms with van der Waals surface area (Å²) in [7, 11) is 0. The van der Waals surface area contributed by atoms with Gasteiger partial charge in [-0.15, -0.1) is 0 Å². The summed E-state index contributed by atoms with van der Waals surface area (Å²) >= 11 is 0.